The van der Waals surface area contributed by atoms with Crippen LogP contribution in [0.15, 0.2) is 49.3 Å². The Kier molecular flexibility index (Phi) is 11.0. The van der Waals surface area contributed by atoms with Crippen molar-refractivity contribution >= 4 is 46.1 Å². The van der Waals surface area contributed by atoms with E-state index in [-0.39, 0.29) is 35.7 Å². The molecule has 0 radical (unpaired) electrons. The lowest BCUT2D eigenvalue weighted by atomic mass is 9.97. The number of H-pyrrole nitrogens is 4. The number of hydrogen-bond donors (Lipinski definition) is 6. The molecule has 2 fully saturated rings. The molecule has 6 heterocycles. The van der Waals surface area contributed by atoms with Gasteiger partial charge in [0.05, 0.1) is 84.8 Å². The summed E-state index contributed by atoms with van der Waals surface area (Å²) in [5.41, 5.74) is 8.21. The summed E-state index contributed by atoms with van der Waals surface area (Å²) in [5, 5.41) is 5.40. The molecule has 0 aliphatic carbocycles. The quantitative estimate of drug-likeness (QED) is 0.0896. The monoisotopic (exact) mass is 818 g/mol. The summed E-state index contributed by atoms with van der Waals surface area (Å²) in [5.74, 6) is 0.731. The number of likely N-dealkylation sites (tertiary alicyclic amines) is 2. The van der Waals surface area contributed by atoms with Crippen molar-refractivity contribution in [2.75, 3.05) is 27.3 Å². The molecule has 314 valence electrons. The fraction of sp³-hybridized carbons (Fsp3) is 0.429. The molecule has 6 N–H and O–H groups in total. The van der Waals surface area contributed by atoms with Gasteiger partial charge in [0.1, 0.15) is 23.7 Å². The Morgan fingerprint density at radius 2 is 1.03 bits per heavy atom. The predicted molar refractivity (Wildman–Crippen MR) is 222 cm³/mol. The van der Waals surface area contributed by atoms with Crippen LogP contribution < -0.4 is 10.6 Å². The van der Waals surface area contributed by atoms with Gasteiger partial charge in [-0.25, -0.2) is 29.5 Å². The molecule has 2 aliphatic heterocycles. The van der Waals surface area contributed by atoms with Gasteiger partial charge in [-0.3, -0.25) is 9.59 Å². The van der Waals surface area contributed by atoms with Crippen molar-refractivity contribution < 1.29 is 28.7 Å². The van der Waals surface area contributed by atoms with Crippen LogP contribution in [-0.4, -0.2) is 113 Å². The zero-order valence-corrected chi connectivity index (χ0v) is 34.5. The number of hydrogen-bond acceptors (Lipinski definition) is 10. The topological polar surface area (TPSA) is 232 Å². The molecule has 4 atom stereocenters. The second-order valence-electron chi connectivity index (χ2n) is 16.0. The Hall–Kier alpha value is -6.72. The Morgan fingerprint density at radius 1 is 0.633 bits per heavy atom. The van der Waals surface area contributed by atoms with Crippen LogP contribution in [0.1, 0.15) is 77.1 Å². The maximum atomic E-state index is 13.7. The Balaban J connectivity index is 1.05. The first-order valence-corrected chi connectivity index (χ1v) is 20.3. The van der Waals surface area contributed by atoms with Crippen molar-refractivity contribution in [3.05, 3.63) is 61.0 Å². The van der Waals surface area contributed by atoms with Crippen molar-refractivity contribution in [1.29, 1.82) is 0 Å². The van der Waals surface area contributed by atoms with Crippen molar-refractivity contribution in [3.8, 4) is 33.6 Å². The number of carbonyl (C=O) groups is 4. The first-order valence-electron chi connectivity index (χ1n) is 20.3. The molecular formula is C42H50N12O6. The largest absolute Gasteiger partial charge is 0.453 e. The second kappa shape index (κ2) is 16.5. The number of imidazole rings is 4. The Morgan fingerprint density at radius 3 is 1.42 bits per heavy atom. The molecule has 1 unspecified atom stereocenters. The van der Waals surface area contributed by atoms with E-state index >= 15 is 0 Å². The molecule has 0 saturated carbocycles. The van der Waals surface area contributed by atoms with Gasteiger partial charge < -0.3 is 49.8 Å². The third kappa shape index (κ3) is 7.30. The summed E-state index contributed by atoms with van der Waals surface area (Å²) >= 11 is 0. The van der Waals surface area contributed by atoms with Crippen LogP contribution in [0.25, 0.3) is 55.7 Å². The second-order valence-corrected chi connectivity index (χ2v) is 16.0. The minimum Gasteiger partial charge on any atom is -0.453 e. The van der Waals surface area contributed by atoms with E-state index in [1.807, 2.05) is 52.0 Å². The van der Waals surface area contributed by atoms with Crippen molar-refractivity contribution in [2.24, 2.45) is 11.8 Å². The van der Waals surface area contributed by atoms with Gasteiger partial charge >= 0.3 is 12.2 Å². The number of methoxy groups -OCH3 is 2. The van der Waals surface area contributed by atoms with E-state index in [4.69, 9.17) is 29.4 Å². The molecule has 18 nitrogen and oxygen atoms in total. The van der Waals surface area contributed by atoms with Crippen molar-refractivity contribution in [3.63, 3.8) is 0 Å². The number of ether oxygens (including phenoxy) is 2. The van der Waals surface area contributed by atoms with E-state index in [0.717, 1.165) is 81.4 Å². The van der Waals surface area contributed by atoms with Gasteiger partial charge in [-0.05, 0) is 49.7 Å². The number of fused-ring (bicyclic) bond motifs is 2. The highest BCUT2D eigenvalue weighted by Crippen LogP contribution is 2.40. The average Bonchev–Trinajstić information content (AvgIpc) is 4.10. The fourth-order valence-electron chi connectivity index (χ4n) is 8.62. The number of rotatable bonds is 11. The first kappa shape index (κ1) is 40.1. The molecule has 8 rings (SSSR count). The molecule has 4 aromatic heterocycles. The highest BCUT2D eigenvalue weighted by Gasteiger charge is 2.39. The molecule has 2 aromatic carbocycles. The summed E-state index contributed by atoms with van der Waals surface area (Å²) in [6.07, 6.45) is 8.70. The molecule has 6 aromatic rings. The molecular weight excluding hydrogens is 769 g/mol. The normalized spacial score (nSPS) is 17.8. The molecule has 60 heavy (non-hydrogen) atoms. The summed E-state index contributed by atoms with van der Waals surface area (Å²) in [4.78, 5) is 87.7. The zero-order chi connectivity index (χ0) is 42.2. The lowest BCUT2D eigenvalue weighted by molar-refractivity contribution is -0.136. The Bertz CT molecular complexity index is 2380. The van der Waals surface area contributed by atoms with Crippen LogP contribution in [0.3, 0.4) is 0 Å². The standard InChI is InChI=1S/C42H50N12O6/c1-21(2)31(51-41(57)59-5)39(55)53-15-7-9-29(53)37-43-17-27(49-37)25-13-11-23(33-35(25)47-19-45-33)24-12-14-26(36-34(24)46-20-48-36)28-18-44-38(50-28)30-10-8-16-54(30)40(56)32(22(3)4)52-42(58)60-6/h11-14,17-22,29-32H,7-10,15-16H2,1-6H3,(H,43,49)(H,44,50)(H,45,47)(H,46,48)(H,51,57)(H,52,58)/t29-,30-,31-,32?/m0/s1. The molecule has 0 spiro atoms. The third-order valence-corrected chi connectivity index (χ3v) is 11.7. The van der Waals surface area contributed by atoms with E-state index in [1.165, 1.54) is 14.2 Å². The van der Waals surface area contributed by atoms with Crippen LogP contribution in [0.2, 0.25) is 0 Å². The Labute approximate surface area is 345 Å². The van der Waals surface area contributed by atoms with Gasteiger partial charge in [0.15, 0.2) is 0 Å². The van der Waals surface area contributed by atoms with Crippen LogP contribution in [-0.2, 0) is 19.1 Å². The average molecular weight is 819 g/mol. The van der Waals surface area contributed by atoms with Crippen LogP contribution in [0, 0.1) is 11.8 Å². The highest BCUT2D eigenvalue weighted by atomic mass is 16.5. The van der Waals surface area contributed by atoms with E-state index < -0.39 is 24.3 Å². The SMILES string of the molecule is COC(=O)NC(C(=O)N1CCC[C@H]1c1ncc(-c2ccc(-c3ccc(-c4cnc([C@@H]5CCCN5C(=O)[C@@H](NC(=O)OC)C(C)C)[nH]4)c4nc[nH]c34)c3[nH]cnc23)[nH]1)C(C)C. The number of aromatic amines is 4. The molecule has 0 bridgehead atoms. The molecule has 2 aliphatic rings. The lowest BCUT2D eigenvalue weighted by Gasteiger charge is -2.30. The lowest BCUT2D eigenvalue weighted by Crippen LogP contribution is -2.51. The van der Waals surface area contributed by atoms with Gasteiger partial charge in [0.25, 0.3) is 0 Å². The van der Waals surface area contributed by atoms with Crippen LogP contribution >= 0.6 is 0 Å². The summed E-state index contributed by atoms with van der Waals surface area (Å²) in [7, 11) is 2.56. The van der Waals surface area contributed by atoms with Crippen molar-refractivity contribution in [2.45, 2.75) is 77.5 Å². The summed E-state index contributed by atoms with van der Waals surface area (Å²) in [6, 6.07) is 6.12. The minimum atomic E-state index is -0.724. The number of aromatic nitrogens is 8. The van der Waals surface area contributed by atoms with E-state index in [0.29, 0.717) is 24.7 Å². The van der Waals surface area contributed by atoms with Crippen LogP contribution in [0.4, 0.5) is 9.59 Å². The number of amides is 4. The number of carbonyl (C=O) groups excluding carboxylic acids is 4. The number of nitrogens with one attached hydrogen (secondary N) is 6. The third-order valence-electron chi connectivity index (χ3n) is 11.7. The fourth-order valence-corrected chi connectivity index (χ4v) is 8.62. The van der Waals surface area contributed by atoms with E-state index in [9.17, 15) is 19.2 Å². The minimum absolute atomic E-state index is 0.136. The van der Waals surface area contributed by atoms with E-state index in [2.05, 4.69) is 30.6 Å². The maximum Gasteiger partial charge on any atom is 0.407 e. The smallest absolute Gasteiger partial charge is 0.407 e. The number of benzene rings is 2. The zero-order valence-electron chi connectivity index (χ0n) is 34.5. The number of alkyl carbamates (subject to hydrolysis) is 2. The van der Waals surface area contributed by atoms with Gasteiger partial charge in [-0.15, -0.1) is 0 Å². The summed E-state index contributed by atoms with van der Waals surface area (Å²) in [6.45, 7) is 8.68. The van der Waals surface area contributed by atoms with Gasteiger partial charge in [0, 0.05) is 35.3 Å². The first-order chi connectivity index (χ1) is 29.0. The van der Waals surface area contributed by atoms with Crippen LogP contribution in [0.5, 0.6) is 0 Å². The van der Waals surface area contributed by atoms with Gasteiger partial charge in [-0.1, -0.05) is 39.8 Å². The van der Waals surface area contributed by atoms with Crippen molar-refractivity contribution in [1.82, 2.24) is 60.3 Å². The molecule has 4 amide bonds. The van der Waals surface area contributed by atoms with E-state index in [1.54, 1.807) is 34.8 Å². The number of nitrogens with zero attached hydrogens (tertiary/aromatic N) is 6. The molecule has 18 heteroatoms. The molecule has 2 saturated heterocycles. The predicted octanol–water partition coefficient (Wildman–Crippen LogP) is 5.97. The summed E-state index contributed by atoms with van der Waals surface area (Å²) < 4.78 is 9.56. The van der Waals surface area contributed by atoms with Gasteiger partial charge in [0.2, 0.25) is 11.8 Å². The van der Waals surface area contributed by atoms with Gasteiger partial charge in [-0.2, -0.15) is 0 Å². The highest BCUT2D eigenvalue weighted by molar-refractivity contribution is 6.07. The maximum absolute atomic E-state index is 13.7.